The third-order valence-corrected chi connectivity index (χ3v) is 3.67. The van der Waals surface area contributed by atoms with Gasteiger partial charge in [0.25, 0.3) is 0 Å². The van der Waals surface area contributed by atoms with Gasteiger partial charge in [0.05, 0.1) is 0 Å². The Balaban J connectivity index is 1.80. The summed E-state index contributed by atoms with van der Waals surface area (Å²) in [5.41, 5.74) is 0.956. The lowest BCUT2D eigenvalue weighted by molar-refractivity contribution is -0.0499. The van der Waals surface area contributed by atoms with E-state index in [0.29, 0.717) is 0 Å². The summed E-state index contributed by atoms with van der Waals surface area (Å²) in [6.45, 7) is 1.13. The lowest BCUT2D eigenvalue weighted by Gasteiger charge is -2.19. The van der Waals surface area contributed by atoms with Gasteiger partial charge in [-0.2, -0.15) is 8.78 Å². The van der Waals surface area contributed by atoms with Crippen LogP contribution < -0.4 is 10.1 Å². The van der Waals surface area contributed by atoms with E-state index in [2.05, 4.69) is 22.0 Å². The molecule has 2 rings (SSSR count). The van der Waals surface area contributed by atoms with Crippen molar-refractivity contribution in [2.75, 3.05) is 20.1 Å². The molecule has 1 aliphatic carbocycles. The number of nitrogens with one attached hydrogen (secondary N) is 1. The summed E-state index contributed by atoms with van der Waals surface area (Å²) in [6, 6.07) is 7.73. The summed E-state index contributed by atoms with van der Waals surface area (Å²) in [7, 11) is 2.14. The third kappa shape index (κ3) is 4.72. The predicted octanol–water partition coefficient (Wildman–Crippen LogP) is 3.03. The predicted molar refractivity (Wildman–Crippen MR) is 75.1 cm³/mol. The van der Waals surface area contributed by atoms with E-state index < -0.39 is 6.61 Å². The minimum absolute atomic E-state index is 0.115. The molecule has 1 N–H and O–H groups in total. The molecule has 1 unspecified atom stereocenters. The van der Waals surface area contributed by atoms with E-state index in [1.54, 1.807) is 18.2 Å². The van der Waals surface area contributed by atoms with Crippen LogP contribution in [0.25, 0.3) is 0 Å². The fourth-order valence-corrected chi connectivity index (χ4v) is 2.23. The highest BCUT2D eigenvalue weighted by Crippen LogP contribution is 2.25. The number of hydrogen-bond donors (Lipinski definition) is 1. The first kappa shape index (κ1) is 15.2. The molecule has 3 nitrogen and oxygen atoms in total. The molecule has 0 bridgehead atoms. The van der Waals surface area contributed by atoms with Gasteiger partial charge in [0.15, 0.2) is 0 Å². The number of nitrogens with zero attached hydrogens (tertiary/aromatic N) is 1. The second-order valence-corrected chi connectivity index (χ2v) is 5.34. The molecule has 1 fully saturated rings. The van der Waals surface area contributed by atoms with Crippen LogP contribution in [0.15, 0.2) is 24.3 Å². The molecule has 20 heavy (non-hydrogen) atoms. The van der Waals surface area contributed by atoms with Crippen molar-refractivity contribution in [3.05, 3.63) is 29.8 Å². The Morgan fingerprint density at radius 2 is 2.15 bits per heavy atom. The van der Waals surface area contributed by atoms with Crippen molar-refractivity contribution in [3.8, 4) is 5.75 Å². The average molecular weight is 284 g/mol. The fourth-order valence-electron chi connectivity index (χ4n) is 2.23. The molecule has 1 saturated carbocycles. The third-order valence-electron chi connectivity index (χ3n) is 3.67. The van der Waals surface area contributed by atoms with Gasteiger partial charge >= 0.3 is 6.61 Å². The number of alkyl halides is 2. The Morgan fingerprint density at radius 3 is 2.80 bits per heavy atom. The number of benzene rings is 1. The number of rotatable bonds is 8. The molecule has 0 saturated heterocycles. The minimum Gasteiger partial charge on any atom is -0.435 e. The maximum Gasteiger partial charge on any atom is 0.387 e. The van der Waals surface area contributed by atoms with Crippen molar-refractivity contribution >= 4 is 0 Å². The summed E-state index contributed by atoms with van der Waals surface area (Å²) in [5.74, 6) is 0.209. The van der Waals surface area contributed by atoms with Crippen molar-refractivity contribution in [2.45, 2.75) is 38.5 Å². The lowest BCUT2D eigenvalue weighted by atomic mass is 10.1. The maximum atomic E-state index is 12.2. The van der Waals surface area contributed by atoms with Gasteiger partial charge in [0.1, 0.15) is 5.75 Å². The van der Waals surface area contributed by atoms with Gasteiger partial charge in [0, 0.05) is 25.2 Å². The number of hydrogen-bond acceptors (Lipinski definition) is 3. The summed E-state index contributed by atoms with van der Waals surface area (Å²) < 4.78 is 28.8. The Bertz CT molecular complexity index is 424. The first-order chi connectivity index (χ1) is 9.56. The summed E-state index contributed by atoms with van der Waals surface area (Å²) in [4.78, 5) is 2.36. The van der Waals surface area contributed by atoms with Gasteiger partial charge < -0.3 is 15.0 Å². The molecule has 0 radical (unpaired) electrons. The van der Waals surface area contributed by atoms with Gasteiger partial charge in [0.2, 0.25) is 0 Å². The van der Waals surface area contributed by atoms with Crippen LogP contribution in [0.5, 0.6) is 5.75 Å². The van der Waals surface area contributed by atoms with Crippen molar-refractivity contribution in [3.63, 3.8) is 0 Å². The molecular weight excluding hydrogens is 262 g/mol. The van der Waals surface area contributed by atoms with Gasteiger partial charge in [-0.1, -0.05) is 12.1 Å². The Kier molecular flexibility index (Phi) is 5.31. The molecule has 1 aliphatic rings. The summed E-state index contributed by atoms with van der Waals surface area (Å²) in [6.07, 6.45) is 2.61. The summed E-state index contributed by atoms with van der Waals surface area (Å²) in [5, 5.41) is 3.41. The van der Waals surface area contributed by atoms with E-state index in [1.165, 1.54) is 12.8 Å². The average Bonchev–Trinajstić information content (AvgIpc) is 3.22. The minimum atomic E-state index is -2.78. The molecule has 1 atom stereocenters. The number of ether oxygens (including phenoxy) is 1. The fraction of sp³-hybridized carbons (Fsp3) is 0.600. The van der Waals surface area contributed by atoms with Crippen molar-refractivity contribution < 1.29 is 13.5 Å². The van der Waals surface area contributed by atoms with Crippen LogP contribution in [0, 0.1) is 0 Å². The highest BCUT2D eigenvalue weighted by atomic mass is 19.3. The Morgan fingerprint density at radius 1 is 1.40 bits per heavy atom. The van der Waals surface area contributed by atoms with Crippen LogP contribution in [0.4, 0.5) is 8.78 Å². The Labute approximate surface area is 118 Å². The van der Waals surface area contributed by atoms with E-state index in [-0.39, 0.29) is 11.8 Å². The van der Waals surface area contributed by atoms with E-state index in [9.17, 15) is 8.78 Å². The first-order valence-electron chi connectivity index (χ1n) is 7.04. The highest BCUT2D eigenvalue weighted by molar-refractivity contribution is 5.30. The molecule has 0 spiro atoms. The molecular formula is C15H22F2N2O. The monoisotopic (exact) mass is 284 g/mol. The van der Waals surface area contributed by atoms with E-state index in [1.807, 2.05) is 13.0 Å². The molecule has 0 aromatic heterocycles. The lowest BCUT2D eigenvalue weighted by Crippen LogP contribution is -2.31. The highest BCUT2D eigenvalue weighted by Gasteiger charge is 2.25. The molecule has 112 valence electrons. The molecule has 1 aromatic carbocycles. The van der Waals surface area contributed by atoms with E-state index in [4.69, 9.17) is 0 Å². The second kappa shape index (κ2) is 6.99. The zero-order valence-electron chi connectivity index (χ0n) is 12.0. The Hall–Kier alpha value is -1.20. The second-order valence-electron chi connectivity index (χ2n) is 5.34. The van der Waals surface area contributed by atoms with Crippen LogP contribution in [0.1, 0.15) is 31.4 Å². The number of halogens is 2. The largest absolute Gasteiger partial charge is 0.435 e. The molecule has 1 aromatic rings. The smallest absolute Gasteiger partial charge is 0.387 e. The molecule has 0 amide bonds. The first-order valence-corrected chi connectivity index (χ1v) is 7.04. The van der Waals surface area contributed by atoms with E-state index >= 15 is 0 Å². The van der Waals surface area contributed by atoms with Crippen LogP contribution in [0.2, 0.25) is 0 Å². The van der Waals surface area contributed by atoms with Crippen molar-refractivity contribution in [1.82, 2.24) is 10.2 Å². The molecule has 0 heterocycles. The van der Waals surface area contributed by atoms with Crippen LogP contribution in [-0.2, 0) is 0 Å². The van der Waals surface area contributed by atoms with Crippen LogP contribution in [-0.4, -0.2) is 37.7 Å². The normalized spacial score (nSPS) is 16.7. The molecule has 0 aliphatic heterocycles. The van der Waals surface area contributed by atoms with Crippen molar-refractivity contribution in [1.29, 1.82) is 0 Å². The molecule has 5 heteroatoms. The van der Waals surface area contributed by atoms with Crippen LogP contribution in [0.3, 0.4) is 0 Å². The topological polar surface area (TPSA) is 24.5 Å². The maximum absolute atomic E-state index is 12.2. The van der Waals surface area contributed by atoms with Gasteiger partial charge in [-0.05, 0) is 44.5 Å². The quantitative estimate of drug-likeness (QED) is 0.794. The zero-order valence-corrected chi connectivity index (χ0v) is 12.0. The van der Waals surface area contributed by atoms with Gasteiger partial charge in [-0.3, -0.25) is 0 Å². The number of likely N-dealkylation sites (N-methyl/N-ethyl adjacent to an activating group) is 1. The van der Waals surface area contributed by atoms with Gasteiger partial charge in [-0.25, -0.2) is 0 Å². The summed E-state index contributed by atoms with van der Waals surface area (Å²) >= 11 is 0. The zero-order chi connectivity index (χ0) is 14.5. The van der Waals surface area contributed by atoms with Crippen molar-refractivity contribution in [2.24, 2.45) is 0 Å². The van der Waals surface area contributed by atoms with Crippen LogP contribution >= 0.6 is 0 Å². The van der Waals surface area contributed by atoms with Gasteiger partial charge in [-0.15, -0.1) is 0 Å². The standard InChI is InChI=1S/C15H22F2N2O/c1-11(18-8-9-19(2)13-6-7-13)12-4-3-5-14(10-12)20-15(16)17/h3-5,10-11,13,15,18H,6-9H2,1-2H3. The SMILES string of the molecule is CC(NCCN(C)C1CC1)c1cccc(OC(F)F)c1. The van der Waals surface area contributed by atoms with E-state index in [0.717, 1.165) is 24.7 Å².